The number of nitrogens with zero attached hydrogens (tertiary/aromatic N) is 4. The summed E-state index contributed by atoms with van der Waals surface area (Å²) in [6.07, 6.45) is -1.16. The molecule has 0 atom stereocenters. The van der Waals surface area contributed by atoms with Crippen LogP contribution in [0.1, 0.15) is 11.5 Å². The second kappa shape index (κ2) is 5.48. The van der Waals surface area contributed by atoms with Crippen molar-refractivity contribution in [2.45, 2.75) is 12.6 Å². The molecule has 0 aliphatic heterocycles. The minimum Gasteiger partial charge on any atom is -0.330 e. The van der Waals surface area contributed by atoms with E-state index in [9.17, 15) is 23.3 Å². The minimum absolute atomic E-state index is 0.210. The fourth-order valence-corrected chi connectivity index (χ4v) is 1.79. The van der Waals surface area contributed by atoms with Gasteiger partial charge in [-0.3, -0.25) is 14.7 Å². The van der Waals surface area contributed by atoms with Crippen LogP contribution in [-0.4, -0.2) is 26.0 Å². The highest BCUT2D eigenvalue weighted by Crippen LogP contribution is 2.32. The summed E-state index contributed by atoms with van der Waals surface area (Å²) in [5.74, 6) is 0.333. The normalized spacial score (nSPS) is 11.6. The van der Waals surface area contributed by atoms with E-state index in [2.05, 4.69) is 9.97 Å². The van der Waals surface area contributed by atoms with Crippen molar-refractivity contribution in [2.24, 2.45) is 5.73 Å². The zero-order valence-electron chi connectivity index (χ0n) is 10.5. The molecule has 0 spiro atoms. The zero-order valence-corrected chi connectivity index (χ0v) is 10.5. The molecule has 0 saturated carbocycles. The van der Waals surface area contributed by atoms with E-state index in [0.29, 0.717) is 18.1 Å². The van der Waals surface area contributed by atoms with Crippen molar-refractivity contribution >= 4 is 5.69 Å². The average Bonchev–Trinajstić information content (AvgIpc) is 2.85. The van der Waals surface area contributed by atoms with Crippen LogP contribution in [-0.2, 0) is 12.6 Å². The Hall–Kier alpha value is -2.49. The molecule has 112 valence electrons. The summed E-state index contributed by atoms with van der Waals surface area (Å²) in [5.41, 5.74) is 3.38. The number of pyridine rings is 1. The predicted octanol–water partition coefficient (Wildman–Crippen LogP) is 1.70. The first-order chi connectivity index (χ1) is 9.84. The van der Waals surface area contributed by atoms with Crippen LogP contribution >= 0.6 is 0 Å². The topological polar surface area (TPSA) is 99.9 Å². The van der Waals surface area contributed by atoms with Crippen molar-refractivity contribution in [1.82, 2.24) is 14.5 Å². The molecule has 21 heavy (non-hydrogen) atoms. The van der Waals surface area contributed by atoms with Gasteiger partial charge < -0.3 is 5.73 Å². The van der Waals surface area contributed by atoms with Crippen molar-refractivity contribution in [2.75, 3.05) is 6.54 Å². The van der Waals surface area contributed by atoms with E-state index >= 15 is 0 Å². The third-order valence-electron chi connectivity index (χ3n) is 2.69. The molecule has 0 unspecified atom stereocenters. The van der Waals surface area contributed by atoms with Crippen LogP contribution in [0.25, 0.3) is 5.69 Å². The van der Waals surface area contributed by atoms with Gasteiger partial charge in [0.15, 0.2) is 0 Å². The Morgan fingerprint density at radius 1 is 1.38 bits per heavy atom. The minimum atomic E-state index is -4.70. The van der Waals surface area contributed by atoms with Gasteiger partial charge in [0.05, 0.1) is 4.92 Å². The molecular formula is C11H10F3N5O2. The maximum Gasteiger partial charge on any atom is 0.433 e. The number of alkyl halides is 3. The largest absolute Gasteiger partial charge is 0.433 e. The quantitative estimate of drug-likeness (QED) is 0.684. The Morgan fingerprint density at radius 3 is 2.67 bits per heavy atom. The van der Waals surface area contributed by atoms with Crippen LogP contribution in [0.15, 0.2) is 24.7 Å². The maximum atomic E-state index is 12.7. The van der Waals surface area contributed by atoms with Gasteiger partial charge in [0.2, 0.25) is 0 Å². The molecule has 2 rings (SSSR count). The number of hydrogen-bond acceptors (Lipinski definition) is 5. The Kier molecular flexibility index (Phi) is 3.89. The highest BCUT2D eigenvalue weighted by atomic mass is 19.4. The van der Waals surface area contributed by atoms with Crippen LogP contribution in [0.5, 0.6) is 0 Å². The lowest BCUT2D eigenvalue weighted by Crippen LogP contribution is -2.13. The Balaban J connectivity index is 2.63. The Bertz CT molecular complexity index is 668. The lowest BCUT2D eigenvalue weighted by molar-refractivity contribution is -0.385. The summed E-state index contributed by atoms with van der Waals surface area (Å²) in [4.78, 5) is 17.2. The van der Waals surface area contributed by atoms with Crippen LogP contribution in [0.2, 0.25) is 0 Å². The summed E-state index contributed by atoms with van der Waals surface area (Å²) >= 11 is 0. The zero-order chi connectivity index (χ0) is 15.6. The first kappa shape index (κ1) is 14.9. The van der Waals surface area contributed by atoms with Gasteiger partial charge in [0.1, 0.15) is 23.4 Å². The fourth-order valence-electron chi connectivity index (χ4n) is 1.79. The molecule has 0 amide bonds. The standard InChI is InChI=1S/C11H10F3N5O2/c12-11(13,14)9-5-7(8(6-17-9)19(20)21)18-4-3-16-10(18)1-2-15/h3-6H,1-2,15H2. The Labute approximate surface area is 116 Å². The molecule has 10 heteroatoms. The lowest BCUT2D eigenvalue weighted by atomic mass is 10.2. The SMILES string of the molecule is NCCc1nccn1-c1cc(C(F)(F)F)ncc1[N+](=O)[O-]. The number of aromatic nitrogens is 3. The van der Waals surface area contributed by atoms with Crippen molar-refractivity contribution in [1.29, 1.82) is 0 Å². The van der Waals surface area contributed by atoms with Gasteiger partial charge >= 0.3 is 11.9 Å². The Morgan fingerprint density at radius 2 is 2.10 bits per heavy atom. The third-order valence-corrected chi connectivity index (χ3v) is 2.69. The molecule has 0 saturated heterocycles. The molecule has 0 fully saturated rings. The third kappa shape index (κ3) is 2.99. The number of imidazole rings is 1. The first-order valence-electron chi connectivity index (χ1n) is 5.79. The smallest absolute Gasteiger partial charge is 0.330 e. The van der Waals surface area contributed by atoms with Crippen LogP contribution in [0.4, 0.5) is 18.9 Å². The van der Waals surface area contributed by atoms with E-state index in [4.69, 9.17) is 5.73 Å². The van der Waals surface area contributed by atoms with Crippen molar-refractivity contribution in [3.8, 4) is 5.69 Å². The van der Waals surface area contributed by atoms with Crippen LogP contribution in [0, 0.1) is 10.1 Å². The van der Waals surface area contributed by atoms with Crippen LogP contribution in [0.3, 0.4) is 0 Å². The van der Waals surface area contributed by atoms with Crippen molar-refractivity contribution < 1.29 is 18.1 Å². The molecule has 0 bridgehead atoms. The molecule has 0 aliphatic carbocycles. The molecule has 2 N–H and O–H groups in total. The first-order valence-corrected chi connectivity index (χ1v) is 5.79. The molecule has 0 radical (unpaired) electrons. The number of nitrogens with two attached hydrogens (primary N) is 1. The molecule has 2 aromatic rings. The summed E-state index contributed by atoms with van der Waals surface area (Å²) in [7, 11) is 0. The summed E-state index contributed by atoms with van der Waals surface area (Å²) in [6, 6.07) is 0.625. The molecule has 2 heterocycles. The van der Waals surface area contributed by atoms with Gasteiger partial charge in [0, 0.05) is 24.9 Å². The lowest BCUT2D eigenvalue weighted by Gasteiger charge is -2.11. The van der Waals surface area contributed by atoms with E-state index < -0.39 is 22.5 Å². The molecule has 0 aromatic carbocycles. The number of rotatable bonds is 4. The van der Waals surface area contributed by atoms with E-state index in [-0.39, 0.29) is 18.7 Å². The van der Waals surface area contributed by atoms with Crippen LogP contribution < -0.4 is 5.73 Å². The maximum absolute atomic E-state index is 12.7. The molecular weight excluding hydrogens is 291 g/mol. The monoisotopic (exact) mass is 301 g/mol. The van der Waals surface area contributed by atoms with E-state index in [0.717, 1.165) is 0 Å². The molecule has 0 aliphatic rings. The molecule has 7 nitrogen and oxygen atoms in total. The second-order valence-corrected chi connectivity index (χ2v) is 4.07. The van der Waals surface area contributed by atoms with Gasteiger partial charge in [0.25, 0.3) is 0 Å². The second-order valence-electron chi connectivity index (χ2n) is 4.07. The summed E-state index contributed by atoms with van der Waals surface area (Å²) in [6.45, 7) is 0.210. The van der Waals surface area contributed by atoms with Gasteiger partial charge in [-0.05, 0) is 6.54 Å². The van der Waals surface area contributed by atoms with Gasteiger partial charge in [-0.2, -0.15) is 13.2 Å². The van der Waals surface area contributed by atoms with Crippen molar-refractivity contribution in [3.05, 3.63) is 46.3 Å². The van der Waals surface area contributed by atoms with E-state index in [1.807, 2.05) is 0 Å². The van der Waals surface area contributed by atoms with Crippen molar-refractivity contribution in [3.63, 3.8) is 0 Å². The summed E-state index contributed by atoms with van der Waals surface area (Å²) in [5, 5.41) is 11.0. The number of halogens is 3. The predicted molar refractivity (Wildman–Crippen MR) is 65.8 cm³/mol. The van der Waals surface area contributed by atoms with E-state index in [1.54, 1.807) is 0 Å². The highest BCUT2D eigenvalue weighted by Gasteiger charge is 2.34. The summed E-state index contributed by atoms with van der Waals surface area (Å²) < 4.78 is 39.4. The van der Waals surface area contributed by atoms with Gasteiger partial charge in [-0.25, -0.2) is 9.97 Å². The van der Waals surface area contributed by atoms with E-state index in [1.165, 1.54) is 17.0 Å². The highest BCUT2D eigenvalue weighted by molar-refractivity contribution is 5.52. The van der Waals surface area contributed by atoms with Gasteiger partial charge in [-0.1, -0.05) is 0 Å². The van der Waals surface area contributed by atoms with Gasteiger partial charge in [-0.15, -0.1) is 0 Å². The number of hydrogen-bond donors (Lipinski definition) is 1. The fraction of sp³-hybridized carbons (Fsp3) is 0.273. The average molecular weight is 301 g/mol. The number of nitro groups is 1. The molecule has 2 aromatic heterocycles.